The van der Waals surface area contributed by atoms with Gasteiger partial charge in [0.2, 0.25) is 0 Å². The van der Waals surface area contributed by atoms with Crippen LogP contribution >= 0.6 is 22.9 Å². The molecule has 0 bridgehead atoms. The van der Waals surface area contributed by atoms with Crippen molar-refractivity contribution >= 4 is 22.9 Å². The molecule has 3 nitrogen and oxygen atoms in total. The number of thiazole rings is 1. The molecule has 0 radical (unpaired) electrons. The van der Waals surface area contributed by atoms with E-state index in [1.54, 1.807) is 11.3 Å². The second-order valence-electron chi connectivity index (χ2n) is 5.19. The fourth-order valence-electron chi connectivity index (χ4n) is 2.47. The minimum atomic E-state index is 0.389. The molecule has 0 amide bonds. The monoisotopic (exact) mass is 287 g/mol. The minimum Gasteiger partial charge on any atom is -0.306 e. The molecule has 0 aromatic carbocycles. The van der Waals surface area contributed by atoms with Gasteiger partial charge in [-0.2, -0.15) is 0 Å². The van der Waals surface area contributed by atoms with Crippen LogP contribution in [-0.4, -0.2) is 48.0 Å². The van der Waals surface area contributed by atoms with Gasteiger partial charge in [-0.05, 0) is 47.0 Å². The number of likely N-dealkylation sites (tertiary alicyclic amines) is 1. The predicted molar refractivity (Wildman–Crippen MR) is 78.4 cm³/mol. The molecule has 102 valence electrons. The fraction of sp³-hybridized carbons (Fsp3) is 0.769. The van der Waals surface area contributed by atoms with Crippen LogP contribution in [0.15, 0.2) is 5.38 Å². The van der Waals surface area contributed by atoms with E-state index < -0.39 is 0 Å². The first-order valence-electron chi connectivity index (χ1n) is 6.52. The molecule has 1 aliphatic heterocycles. The Kier molecular flexibility index (Phi) is 5.01. The molecule has 1 saturated heterocycles. The molecule has 0 aliphatic carbocycles. The number of aromatic nitrogens is 1. The first-order valence-corrected chi connectivity index (χ1v) is 7.94. The van der Waals surface area contributed by atoms with Gasteiger partial charge >= 0.3 is 0 Å². The Bertz CT molecular complexity index is 374. The molecule has 1 aliphatic rings. The summed E-state index contributed by atoms with van der Waals surface area (Å²) in [5, 5.41) is 3.26. The Labute approximate surface area is 119 Å². The van der Waals surface area contributed by atoms with E-state index in [4.69, 9.17) is 11.6 Å². The second-order valence-corrected chi connectivity index (χ2v) is 6.34. The first-order chi connectivity index (χ1) is 8.61. The zero-order valence-corrected chi connectivity index (χ0v) is 13.0. The Morgan fingerprint density at radius 2 is 2.22 bits per heavy atom. The van der Waals surface area contributed by atoms with Crippen LogP contribution in [0.25, 0.3) is 0 Å². The third kappa shape index (κ3) is 3.23. The average molecular weight is 288 g/mol. The van der Waals surface area contributed by atoms with Gasteiger partial charge in [-0.3, -0.25) is 4.90 Å². The molecule has 1 aromatic heterocycles. The van der Waals surface area contributed by atoms with Crippen molar-refractivity contribution < 1.29 is 0 Å². The van der Waals surface area contributed by atoms with Gasteiger partial charge in [0.25, 0.3) is 0 Å². The molecular formula is C13H22ClN3S. The summed E-state index contributed by atoms with van der Waals surface area (Å²) < 4.78 is 0. The predicted octanol–water partition coefficient (Wildman–Crippen LogP) is 2.97. The third-order valence-corrected chi connectivity index (χ3v) is 5.28. The van der Waals surface area contributed by atoms with Crippen LogP contribution in [0.4, 0.5) is 0 Å². The van der Waals surface area contributed by atoms with Crippen molar-refractivity contribution in [3.63, 3.8) is 0 Å². The van der Waals surface area contributed by atoms with Crippen molar-refractivity contribution in [1.82, 2.24) is 14.8 Å². The minimum absolute atomic E-state index is 0.389. The standard InChI is InChI=1S/C13H22ClN3S/c1-10(13-15-11(8-14)9-18-13)17(3)12-4-6-16(2)7-5-12/h9-10,12H,4-8H2,1-3H3. The van der Waals surface area contributed by atoms with Crippen LogP contribution in [0.2, 0.25) is 0 Å². The number of halogens is 1. The molecule has 1 fully saturated rings. The lowest BCUT2D eigenvalue weighted by atomic mass is 10.0. The maximum atomic E-state index is 5.81. The van der Waals surface area contributed by atoms with E-state index in [1.165, 1.54) is 30.9 Å². The highest BCUT2D eigenvalue weighted by molar-refractivity contribution is 7.09. The highest BCUT2D eigenvalue weighted by atomic mass is 35.5. The number of hydrogen-bond donors (Lipinski definition) is 0. The molecule has 1 unspecified atom stereocenters. The van der Waals surface area contributed by atoms with Crippen molar-refractivity contribution in [2.45, 2.75) is 37.7 Å². The number of alkyl halides is 1. The summed E-state index contributed by atoms with van der Waals surface area (Å²) in [4.78, 5) is 9.48. The van der Waals surface area contributed by atoms with E-state index in [2.05, 4.69) is 41.2 Å². The van der Waals surface area contributed by atoms with E-state index in [1.807, 2.05) is 0 Å². The topological polar surface area (TPSA) is 19.4 Å². The van der Waals surface area contributed by atoms with E-state index in [0.29, 0.717) is 18.0 Å². The van der Waals surface area contributed by atoms with Crippen LogP contribution in [0.1, 0.15) is 36.5 Å². The van der Waals surface area contributed by atoms with E-state index in [0.717, 1.165) is 5.69 Å². The summed E-state index contributed by atoms with van der Waals surface area (Å²) in [6.07, 6.45) is 2.51. The van der Waals surface area contributed by atoms with Crippen molar-refractivity contribution in [2.24, 2.45) is 0 Å². The molecule has 0 N–H and O–H groups in total. The summed E-state index contributed by atoms with van der Waals surface area (Å²) in [6, 6.07) is 1.07. The summed E-state index contributed by atoms with van der Waals surface area (Å²) in [7, 11) is 4.43. The molecule has 5 heteroatoms. The SMILES string of the molecule is CC(c1nc(CCl)cs1)N(C)C1CCN(C)CC1. The second kappa shape index (κ2) is 6.33. The Balaban J connectivity index is 1.97. The van der Waals surface area contributed by atoms with Crippen LogP contribution in [0.5, 0.6) is 0 Å². The first kappa shape index (κ1) is 14.3. The zero-order valence-electron chi connectivity index (χ0n) is 11.4. The number of nitrogens with zero attached hydrogens (tertiary/aromatic N) is 3. The van der Waals surface area contributed by atoms with Crippen molar-refractivity contribution in [1.29, 1.82) is 0 Å². The zero-order chi connectivity index (χ0) is 13.1. The maximum Gasteiger partial charge on any atom is 0.110 e. The fourth-order valence-corrected chi connectivity index (χ4v) is 3.62. The molecular weight excluding hydrogens is 266 g/mol. The van der Waals surface area contributed by atoms with Crippen LogP contribution in [0, 0.1) is 0 Å². The van der Waals surface area contributed by atoms with E-state index in [9.17, 15) is 0 Å². The lowest BCUT2D eigenvalue weighted by molar-refractivity contribution is 0.113. The number of hydrogen-bond acceptors (Lipinski definition) is 4. The highest BCUT2D eigenvalue weighted by Gasteiger charge is 2.25. The smallest absolute Gasteiger partial charge is 0.110 e. The Morgan fingerprint density at radius 3 is 2.78 bits per heavy atom. The molecule has 0 spiro atoms. The molecule has 2 rings (SSSR count). The van der Waals surface area contributed by atoms with Gasteiger partial charge in [-0.15, -0.1) is 22.9 Å². The van der Waals surface area contributed by atoms with Crippen LogP contribution in [0.3, 0.4) is 0 Å². The van der Waals surface area contributed by atoms with Crippen molar-refractivity contribution in [3.05, 3.63) is 16.1 Å². The summed E-state index contributed by atoms with van der Waals surface area (Å²) in [5.74, 6) is 0.515. The molecule has 18 heavy (non-hydrogen) atoms. The largest absolute Gasteiger partial charge is 0.306 e. The molecule has 1 aromatic rings. The number of piperidine rings is 1. The van der Waals surface area contributed by atoms with Crippen LogP contribution < -0.4 is 0 Å². The lowest BCUT2D eigenvalue weighted by Gasteiger charge is -2.37. The van der Waals surface area contributed by atoms with Gasteiger partial charge in [0, 0.05) is 11.4 Å². The van der Waals surface area contributed by atoms with Gasteiger partial charge in [-0.1, -0.05) is 0 Å². The highest BCUT2D eigenvalue weighted by Crippen LogP contribution is 2.27. The van der Waals surface area contributed by atoms with Crippen molar-refractivity contribution in [2.75, 3.05) is 27.2 Å². The lowest BCUT2D eigenvalue weighted by Crippen LogP contribution is -2.42. The van der Waals surface area contributed by atoms with Crippen LogP contribution in [-0.2, 0) is 5.88 Å². The molecule has 2 heterocycles. The van der Waals surface area contributed by atoms with Crippen molar-refractivity contribution in [3.8, 4) is 0 Å². The van der Waals surface area contributed by atoms with E-state index in [-0.39, 0.29) is 0 Å². The summed E-state index contributed by atoms with van der Waals surface area (Å²) in [5.41, 5.74) is 1.00. The van der Waals surface area contributed by atoms with Gasteiger partial charge < -0.3 is 4.90 Å². The summed E-state index contributed by atoms with van der Waals surface area (Å²) in [6.45, 7) is 4.65. The normalized spacial score (nSPS) is 20.5. The van der Waals surface area contributed by atoms with Gasteiger partial charge in [0.15, 0.2) is 0 Å². The quantitative estimate of drug-likeness (QED) is 0.794. The van der Waals surface area contributed by atoms with E-state index >= 15 is 0 Å². The third-order valence-electron chi connectivity index (χ3n) is 3.94. The average Bonchev–Trinajstić information content (AvgIpc) is 2.86. The maximum absolute atomic E-state index is 5.81. The number of rotatable bonds is 4. The summed E-state index contributed by atoms with van der Waals surface area (Å²) >= 11 is 7.54. The van der Waals surface area contributed by atoms with Gasteiger partial charge in [0.05, 0.1) is 17.6 Å². The Hall–Kier alpha value is -0.160. The van der Waals surface area contributed by atoms with Gasteiger partial charge in [-0.25, -0.2) is 4.98 Å². The molecule has 1 atom stereocenters. The van der Waals surface area contributed by atoms with Gasteiger partial charge in [0.1, 0.15) is 5.01 Å². The Morgan fingerprint density at radius 1 is 1.56 bits per heavy atom. The molecule has 0 saturated carbocycles.